The SMILES string of the molecule is Cc1cccc(F)c1[C@@H]1[C@@H](CN)C1(C)C. The van der Waals surface area contributed by atoms with Crippen LogP contribution in [0, 0.1) is 24.1 Å². The van der Waals surface area contributed by atoms with Crippen LogP contribution in [0.2, 0.25) is 0 Å². The summed E-state index contributed by atoms with van der Waals surface area (Å²) in [6.07, 6.45) is 0. The van der Waals surface area contributed by atoms with Gasteiger partial charge < -0.3 is 5.73 Å². The third kappa shape index (κ3) is 1.48. The zero-order chi connectivity index (χ0) is 11.2. The molecule has 1 fully saturated rings. The zero-order valence-corrected chi connectivity index (χ0v) is 9.55. The molecule has 2 rings (SSSR count). The number of benzene rings is 1. The second kappa shape index (κ2) is 3.31. The molecule has 2 atom stereocenters. The lowest BCUT2D eigenvalue weighted by molar-refractivity contribution is 0.550. The van der Waals surface area contributed by atoms with Gasteiger partial charge in [0.1, 0.15) is 5.82 Å². The highest BCUT2D eigenvalue weighted by molar-refractivity contribution is 5.38. The largest absolute Gasteiger partial charge is 0.330 e. The smallest absolute Gasteiger partial charge is 0.126 e. The van der Waals surface area contributed by atoms with Gasteiger partial charge in [0.2, 0.25) is 0 Å². The summed E-state index contributed by atoms with van der Waals surface area (Å²) in [6, 6.07) is 5.28. The molecule has 0 unspecified atom stereocenters. The summed E-state index contributed by atoms with van der Waals surface area (Å²) in [4.78, 5) is 0. The van der Waals surface area contributed by atoms with Crippen molar-refractivity contribution in [2.45, 2.75) is 26.7 Å². The molecule has 0 saturated heterocycles. The van der Waals surface area contributed by atoms with E-state index in [1.165, 1.54) is 0 Å². The second-order valence-electron chi connectivity index (χ2n) is 5.11. The molecule has 0 bridgehead atoms. The quantitative estimate of drug-likeness (QED) is 0.793. The Kier molecular flexibility index (Phi) is 2.34. The first kappa shape index (κ1) is 10.6. The molecule has 2 heteroatoms. The Balaban J connectivity index is 2.41. The van der Waals surface area contributed by atoms with Crippen molar-refractivity contribution in [1.29, 1.82) is 0 Å². The van der Waals surface area contributed by atoms with Gasteiger partial charge in [-0.3, -0.25) is 0 Å². The Bertz CT molecular complexity index is 364. The molecule has 0 spiro atoms. The van der Waals surface area contributed by atoms with Crippen molar-refractivity contribution in [1.82, 2.24) is 0 Å². The van der Waals surface area contributed by atoms with Crippen LogP contribution in [-0.4, -0.2) is 6.54 Å². The zero-order valence-electron chi connectivity index (χ0n) is 9.55. The monoisotopic (exact) mass is 207 g/mol. The van der Waals surface area contributed by atoms with Crippen molar-refractivity contribution >= 4 is 0 Å². The maximum Gasteiger partial charge on any atom is 0.126 e. The number of hydrogen-bond acceptors (Lipinski definition) is 1. The van der Waals surface area contributed by atoms with Gasteiger partial charge in [0.25, 0.3) is 0 Å². The number of hydrogen-bond donors (Lipinski definition) is 1. The number of nitrogens with two attached hydrogens (primary N) is 1. The topological polar surface area (TPSA) is 26.0 Å². The average molecular weight is 207 g/mol. The molecule has 1 aliphatic carbocycles. The molecule has 0 aliphatic heterocycles. The minimum atomic E-state index is -0.0796. The van der Waals surface area contributed by atoms with Gasteiger partial charge in [-0.25, -0.2) is 4.39 Å². The van der Waals surface area contributed by atoms with E-state index in [-0.39, 0.29) is 11.2 Å². The third-order valence-electron chi connectivity index (χ3n) is 3.89. The predicted molar refractivity (Wildman–Crippen MR) is 60.2 cm³/mol. The predicted octanol–water partition coefficient (Wildman–Crippen LogP) is 2.83. The van der Waals surface area contributed by atoms with E-state index in [0.717, 1.165) is 11.1 Å². The van der Waals surface area contributed by atoms with Crippen LogP contribution in [0.4, 0.5) is 4.39 Å². The molecule has 82 valence electrons. The summed E-state index contributed by atoms with van der Waals surface area (Å²) < 4.78 is 13.8. The fourth-order valence-electron chi connectivity index (χ4n) is 2.80. The molecule has 1 aliphatic rings. The molecule has 2 N–H and O–H groups in total. The fourth-order valence-corrected chi connectivity index (χ4v) is 2.80. The molecule has 1 saturated carbocycles. The van der Waals surface area contributed by atoms with Gasteiger partial charge in [-0.05, 0) is 47.9 Å². The number of aryl methyl sites for hydroxylation is 1. The highest BCUT2D eigenvalue weighted by Gasteiger charge is 2.58. The van der Waals surface area contributed by atoms with E-state index in [0.29, 0.717) is 18.4 Å². The van der Waals surface area contributed by atoms with Crippen molar-refractivity contribution in [2.75, 3.05) is 6.54 Å². The number of rotatable bonds is 2. The van der Waals surface area contributed by atoms with Gasteiger partial charge in [0, 0.05) is 0 Å². The maximum atomic E-state index is 13.8. The van der Waals surface area contributed by atoms with E-state index >= 15 is 0 Å². The molecule has 1 aromatic carbocycles. The van der Waals surface area contributed by atoms with Crippen molar-refractivity contribution in [3.05, 3.63) is 35.1 Å². The van der Waals surface area contributed by atoms with Gasteiger partial charge in [0.15, 0.2) is 0 Å². The summed E-state index contributed by atoms with van der Waals surface area (Å²) in [5.41, 5.74) is 7.79. The van der Waals surface area contributed by atoms with Crippen LogP contribution in [0.1, 0.15) is 30.9 Å². The molecule has 15 heavy (non-hydrogen) atoms. The van der Waals surface area contributed by atoms with Gasteiger partial charge in [0.05, 0.1) is 0 Å². The molecule has 0 amide bonds. The minimum Gasteiger partial charge on any atom is -0.330 e. The van der Waals surface area contributed by atoms with Crippen molar-refractivity contribution in [3.8, 4) is 0 Å². The first-order valence-corrected chi connectivity index (χ1v) is 5.45. The van der Waals surface area contributed by atoms with Gasteiger partial charge in [-0.2, -0.15) is 0 Å². The molecule has 0 heterocycles. The van der Waals surface area contributed by atoms with E-state index in [1.807, 2.05) is 13.0 Å². The Morgan fingerprint density at radius 2 is 2.07 bits per heavy atom. The molecular weight excluding hydrogens is 189 g/mol. The average Bonchev–Trinajstić information content (AvgIpc) is 2.68. The van der Waals surface area contributed by atoms with E-state index in [1.54, 1.807) is 12.1 Å². The Hall–Kier alpha value is -0.890. The maximum absolute atomic E-state index is 13.8. The Morgan fingerprint density at radius 1 is 1.40 bits per heavy atom. The lowest BCUT2D eigenvalue weighted by atomic mass is 9.98. The van der Waals surface area contributed by atoms with Crippen LogP contribution < -0.4 is 5.73 Å². The first-order chi connectivity index (χ1) is 7.00. The summed E-state index contributed by atoms with van der Waals surface area (Å²) in [6.45, 7) is 6.95. The Morgan fingerprint density at radius 3 is 2.53 bits per heavy atom. The van der Waals surface area contributed by atoms with Gasteiger partial charge in [-0.15, -0.1) is 0 Å². The normalized spacial score (nSPS) is 27.8. The van der Waals surface area contributed by atoms with Crippen LogP contribution in [0.3, 0.4) is 0 Å². The van der Waals surface area contributed by atoms with Crippen molar-refractivity contribution in [3.63, 3.8) is 0 Å². The highest BCUT2D eigenvalue weighted by atomic mass is 19.1. The second-order valence-corrected chi connectivity index (χ2v) is 5.11. The molecule has 1 nitrogen and oxygen atoms in total. The van der Waals surface area contributed by atoms with Crippen LogP contribution in [-0.2, 0) is 0 Å². The Labute approximate surface area is 90.5 Å². The molecule has 0 aromatic heterocycles. The molecular formula is C13H18FN. The van der Waals surface area contributed by atoms with Crippen LogP contribution >= 0.6 is 0 Å². The van der Waals surface area contributed by atoms with Gasteiger partial charge >= 0.3 is 0 Å². The first-order valence-electron chi connectivity index (χ1n) is 5.45. The third-order valence-corrected chi connectivity index (χ3v) is 3.89. The minimum absolute atomic E-state index is 0.0796. The summed E-state index contributed by atoms with van der Waals surface area (Å²) in [5.74, 6) is 0.640. The molecule has 1 aromatic rings. The van der Waals surface area contributed by atoms with E-state index in [9.17, 15) is 4.39 Å². The van der Waals surface area contributed by atoms with Crippen LogP contribution in [0.15, 0.2) is 18.2 Å². The summed E-state index contributed by atoms with van der Waals surface area (Å²) in [7, 11) is 0. The van der Waals surface area contributed by atoms with Crippen LogP contribution in [0.25, 0.3) is 0 Å². The van der Waals surface area contributed by atoms with Crippen molar-refractivity contribution in [2.24, 2.45) is 17.1 Å². The summed E-state index contributed by atoms with van der Waals surface area (Å²) in [5, 5.41) is 0. The van der Waals surface area contributed by atoms with Gasteiger partial charge in [-0.1, -0.05) is 26.0 Å². The lowest BCUT2D eigenvalue weighted by Gasteiger charge is -2.08. The highest BCUT2D eigenvalue weighted by Crippen LogP contribution is 2.64. The van der Waals surface area contributed by atoms with Crippen LogP contribution in [0.5, 0.6) is 0 Å². The number of halogens is 1. The van der Waals surface area contributed by atoms with Crippen molar-refractivity contribution < 1.29 is 4.39 Å². The van der Waals surface area contributed by atoms with E-state index in [2.05, 4.69) is 13.8 Å². The van der Waals surface area contributed by atoms with E-state index < -0.39 is 0 Å². The summed E-state index contributed by atoms with van der Waals surface area (Å²) >= 11 is 0. The standard InChI is InChI=1S/C13H18FN/c1-8-5-4-6-10(14)11(8)12-9(7-15)13(12,2)3/h4-6,9,12H,7,15H2,1-3H3/t9-,12+/m1/s1. The molecule has 0 radical (unpaired) electrons. The lowest BCUT2D eigenvalue weighted by Crippen LogP contribution is -2.05. The van der Waals surface area contributed by atoms with E-state index in [4.69, 9.17) is 5.73 Å². The fraction of sp³-hybridized carbons (Fsp3) is 0.538.